The van der Waals surface area contributed by atoms with Gasteiger partial charge in [-0.15, -0.1) is 11.8 Å². The lowest BCUT2D eigenvalue weighted by Crippen LogP contribution is -2.33. The summed E-state index contributed by atoms with van der Waals surface area (Å²) in [6.45, 7) is 13.4. The zero-order valence-electron chi connectivity index (χ0n) is 15.9. The second-order valence-electron chi connectivity index (χ2n) is 8.55. The number of thioether (sulfide) groups is 1. The topological polar surface area (TPSA) is 40.5 Å². The molecule has 1 heterocycles. The van der Waals surface area contributed by atoms with E-state index in [2.05, 4.69) is 41.5 Å². The third-order valence-electron chi connectivity index (χ3n) is 4.29. The van der Waals surface area contributed by atoms with Gasteiger partial charge < -0.3 is 10.0 Å². The minimum atomic E-state index is -0.168. The van der Waals surface area contributed by atoms with Crippen LogP contribution < -0.4 is 0 Å². The lowest BCUT2D eigenvalue weighted by molar-refractivity contribution is -0.125. The van der Waals surface area contributed by atoms with Gasteiger partial charge in [-0.05, 0) is 34.6 Å². The summed E-state index contributed by atoms with van der Waals surface area (Å²) < 4.78 is 0. The van der Waals surface area contributed by atoms with Crippen molar-refractivity contribution < 1.29 is 9.90 Å². The van der Waals surface area contributed by atoms with E-state index in [1.165, 1.54) is 0 Å². The van der Waals surface area contributed by atoms with E-state index in [0.29, 0.717) is 5.75 Å². The number of carbonyl (C=O) groups is 1. The zero-order chi connectivity index (χ0) is 18.3. The number of hydrogen-bond acceptors (Lipinski definition) is 3. The molecule has 0 spiro atoms. The second-order valence-corrected chi connectivity index (χ2v) is 9.69. The van der Waals surface area contributed by atoms with Crippen LogP contribution in [0.3, 0.4) is 0 Å². The number of nitrogens with zero attached hydrogens (tertiary/aromatic N) is 1. The van der Waals surface area contributed by atoms with Crippen LogP contribution in [-0.2, 0) is 15.6 Å². The Hall–Kier alpha value is -1.42. The van der Waals surface area contributed by atoms with Gasteiger partial charge in [-0.2, -0.15) is 0 Å². The molecule has 0 radical (unpaired) electrons. The van der Waals surface area contributed by atoms with Gasteiger partial charge in [0.05, 0.1) is 4.91 Å². The second kappa shape index (κ2) is 6.47. The number of carbonyl (C=O) groups excluding carboxylic acids is 1. The number of likely N-dealkylation sites (N-methyl/N-ethyl adjacent to an activating group) is 1. The molecular formula is C20H29NO2S. The summed E-state index contributed by atoms with van der Waals surface area (Å²) in [7, 11) is 1.84. The largest absolute Gasteiger partial charge is 0.507 e. The molecule has 1 aromatic rings. The summed E-state index contributed by atoms with van der Waals surface area (Å²) in [5.41, 5.74) is 2.48. The highest BCUT2D eigenvalue weighted by Crippen LogP contribution is 2.40. The molecule has 0 atom stereocenters. The maximum atomic E-state index is 12.3. The Labute approximate surface area is 150 Å². The van der Waals surface area contributed by atoms with E-state index >= 15 is 0 Å². The van der Waals surface area contributed by atoms with Gasteiger partial charge in [-0.3, -0.25) is 4.79 Å². The fourth-order valence-corrected chi connectivity index (χ4v) is 3.87. The third kappa shape index (κ3) is 3.97. The molecule has 132 valence electrons. The molecule has 1 aliphatic heterocycles. The fraction of sp³-hybridized carbons (Fsp3) is 0.550. The Morgan fingerprint density at radius 2 is 1.58 bits per heavy atom. The van der Waals surface area contributed by atoms with Crippen LogP contribution in [0.25, 0.3) is 6.08 Å². The number of rotatable bonds is 1. The van der Waals surface area contributed by atoms with Gasteiger partial charge >= 0.3 is 0 Å². The highest BCUT2D eigenvalue weighted by atomic mass is 32.2. The van der Waals surface area contributed by atoms with Crippen LogP contribution in [-0.4, -0.2) is 35.3 Å². The van der Waals surface area contributed by atoms with Crippen molar-refractivity contribution in [3.05, 3.63) is 33.7 Å². The standard InChI is InChI=1S/C20H29NO2S/c1-19(2,3)14-10-13(11-15(17(14)22)20(4,5)6)12-16-18(23)21(7)8-9-24-16/h10-12,22H,8-9H2,1-7H3/b16-12-. The van der Waals surface area contributed by atoms with E-state index in [4.69, 9.17) is 0 Å². The van der Waals surface area contributed by atoms with Crippen molar-refractivity contribution in [2.75, 3.05) is 19.3 Å². The lowest BCUT2D eigenvalue weighted by atomic mass is 9.78. The van der Waals surface area contributed by atoms with Crippen LogP contribution in [0.1, 0.15) is 58.2 Å². The molecule has 1 amide bonds. The molecule has 1 fully saturated rings. The lowest BCUT2D eigenvalue weighted by Gasteiger charge is -2.28. The molecule has 0 aromatic heterocycles. The van der Waals surface area contributed by atoms with Gasteiger partial charge in [0, 0.05) is 30.5 Å². The molecule has 24 heavy (non-hydrogen) atoms. The normalized spacial score (nSPS) is 18.4. The van der Waals surface area contributed by atoms with E-state index in [-0.39, 0.29) is 16.7 Å². The molecular weight excluding hydrogens is 318 g/mol. The summed E-state index contributed by atoms with van der Waals surface area (Å²) in [5, 5.41) is 10.8. The van der Waals surface area contributed by atoms with Gasteiger partial charge in [0.15, 0.2) is 0 Å². The molecule has 4 heteroatoms. The van der Waals surface area contributed by atoms with Crippen LogP contribution in [0.5, 0.6) is 5.75 Å². The highest BCUT2D eigenvalue weighted by Gasteiger charge is 2.27. The van der Waals surface area contributed by atoms with E-state index in [1.807, 2.05) is 25.3 Å². The predicted molar refractivity (Wildman–Crippen MR) is 104 cm³/mol. The first-order chi connectivity index (χ1) is 10.9. The third-order valence-corrected chi connectivity index (χ3v) is 5.28. The monoisotopic (exact) mass is 347 g/mol. The molecule has 0 aliphatic carbocycles. The zero-order valence-corrected chi connectivity index (χ0v) is 16.7. The molecule has 1 aliphatic rings. The minimum Gasteiger partial charge on any atom is -0.507 e. The van der Waals surface area contributed by atoms with Gasteiger partial charge in [-0.1, -0.05) is 41.5 Å². The van der Waals surface area contributed by atoms with Crippen molar-refractivity contribution in [2.45, 2.75) is 52.4 Å². The number of aromatic hydroxyl groups is 1. The van der Waals surface area contributed by atoms with Crippen molar-refractivity contribution in [1.82, 2.24) is 4.90 Å². The Morgan fingerprint density at radius 1 is 1.08 bits per heavy atom. The molecule has 0 saturated carbocycles. The van der Waals surface area contributed by atoms with Gasteiger partial charge in [-0.25, -0.2) is 0 Å². The van der Waals surface area contributed by atoms with Crippen molar-refractivity contribution in [1.29, 1.82) is 0 Å². The van der Waals surface area contributed by atoms with Crippen LogP contribution in [0.4, 0.5) is 0 Å². The Bertz CT molecular complexity index is 643. The Morgan fingerprint density at radius 3 is 2.04 bits per heavy atom. The molecule has 2 rings (SSSR count). The molecule has 0 bridgehead atoms. The quantitative estimate of drug-likeness (QED) is 0.759. The first-order valence-corrected chi connectivity index (χ1v) is 9.38. The molecule has 1 N–H and O–H groups in total. The van der Waals surface area contributed by atoms with E-state index < -0.39 is 0 Å². The van der Waals surface area contributed by atoms with Crippen molar-refractivity contribution in [2.24, 2.45) is 0 Å². The van der Waals surface area contributed by atoms with Crippen LogP contribution in [0.15, 0.2) is 17.0 Å². The SMILES string of the molecule is CN1CCS/C(=C\c2cc(C(C)(C)C)c(O)c(C(C)(C)C)c2)C1=O. The first-order valence-electron chi connectivity index (χ1n) is 8.39. The summed E-state index contributed by atoms with van der Waals surface area (Å²) in [4.78, 5) is 14.9. The highest BCUT2D eigenvalue weighted by molar-refractivity contribution is 8.04. The number of benzene rings is 1. The van der Waals surface area contributed by atoms with Crippen molar-refractivity contribution in [3.63, 3.8) is 0 Å². The van der Waals surface area contributed by atoms with Crippen LogP contribution in [0.2, 0.25) is 0 Å². The predicted octanol–water partition coefficient (Wildman–Crippen LogP) is 4.53. The van der Waals surface area contributed by atoms with E-state index in [1.54, 1.807) is 16.7 Å². The van der Waals surface area contributed by atoms with Crippen molar-refractivity contribution >= 4 is 23.7 Å². The first kappa shape index (κ1) is 18.9. The van der Waals surface area contributed by atoms with Crippen LogP contribution >= 0.6 is 11.8 Å². The minimum absolute atomic E-state index is 0.0777. The number of hydrogen-bond donors (Lipinski definition) is 1. The maximum absolute atomic E-state index is 12.3. The molecule has 3 nitrogen and oxygen atoms in total. The van der Waals surface area contributed by atoms with Crippen molar-refractivity contribution in [3.8, 4) is 5.75 Å². The average Bonchev–Trinajstić information content (AvgIpc) is 2.43. The van der Waals surface area contributed by atoms with E-state index in [0.717, 1.165) is 33.9 Å². The molecule has 0 unspecified atom stereocenters. The van der Waals surface area contributed by atoms with Crippen LogP contribution in [0, 0.1) is 0 Å². The Balaban J connectivity index is 2.61. The summed E-state index contributed by atoms with van der Waals surface area (Å²) in [6, 6.07) is 4.03. The van der Waals surface area contributed by atoms with Gasteiger partial charge in [0.2, 0.25) is 0 Å². The molecule has 1 saturated heterocycles. The molecule has 1 aromatic carbocycles. The fourth-order valence-electron chi connectivity index (χ4n) is 2.78. The average molecular weight is 348 g/mol. The summed E-state index contributed by atoms with van der Waals surface area (Å²) in [6.07, 6.45) is 1.96. The summed E-state index contributed by atoms with van der Waals surface area (Å²) >= 11 is 1.61. The summed E-state index contributed by atoms with van der Waals surface area (Å²) in [5.74, 6) is 1.37. The maximum Gasteiger partial charge on any atom is 0.260 e. The number of phenolic OH excluding ortho intramolecular Hbond substituents is 1. The van der Waals surface area contributed by atoms with E-state index in [9.17, 15) is 9.90 Å². The smallest absolute Gasteiger partial charge is 0.260 e. The Kier molecular flexibility index (Phi) is 5.10. The van der Waals surface area contributed by atoms with Gasteiger partial charge in [0.25, 0.3) is 5.91 Å². The number of phenols is 1. The van der Waals surface area contributed by atoms with Gasteiger partial charge in [0.1, 0.15) is 5.75 Å². The number of amides is 1.